The number of rotatable bonds is 9. The van der Waals surface area contributed by atoms with Crippen molar-refractivity contribution in [1.82, 2.24) is 0 Å². The second-order valence-corrected chi connectivity index (χ2v) is 6.97. The maximum Gasteiger partial charge on any atom is 0.472 e. The third-order valence-corrected chi connectivity index (χ3v) is 4.52. The molecule has 0 bridgehead atoms. The van der Waals surface area contributed by atoms with Gasteiger partial charge in [0.05, 0.1) is 13.2 Å². The molecule has 5 heteroatoms. The number of benzene rings is 2. The molecule has 0 aliphatic heterocycles. The zero-order valence-corrected chi connectivity index (χ0v) is 16.0. The van der Waals surface area contributed by atoms with Crippen molar-refractivity contribution in [3.05, 3.63) is 60.7 Å². The van der Waals surface area contributed by atoms with Crippen LogP contribution in [0.2, 0.25) is 0 Å². The van der Waals surface area contributed by atoms with Crippen LogP contribution < -0.4 is 0 Å². The average Bonchev–Trinajstić information content (AvgIpc) is 2.63. The van der Waals surface area contributed by atoms with E-state index in [-0.39, 0.29) is 6.61 Å². The second kappa shape index (κ2) is 12.8. The van der Waals surface area contributed by atoms with Gasteiger partial charge in [-0.3, -0.25) is 9.05 Å². The molecule has 2 rings (SSSR count). The van der Waals surface area contributed by atoms with Gasteiger partial charge in [0, 0.05) is 0 Å². The van der Waals surface area contributed by atoms with Crippen LogP contribution in [0.15, 0.2) is 60.7 Å². The van der Waals surface area contributed by atoms with Crippen molar-refractivity contribution in [2.24, 2.45) is 0 Å². The van der Waals surface area contributed by atoms with E-state index in [9.17, 15) is 4.57 Å². The zero-order valence-electron chi connectivity index (χ0n) is 15.1. The van der Waals surface area contributed by atoms with E-state index in [1.807, 2.05) is 12.1 Å². The lowest BCUT2D eigenvalue weighted by molar-refractivity contribution is 0.153. The number of unbranched alkanes of at least 4 members (excludes halogenated alkanes) is 3. The SMILES string of the molecule is CCCCCCOP(=O)(O)OCC.c1ccc(-c2ccccc2)cc1. The van der Waals surface area contributed by atoms with Gasteiger partial charge >= 0.3 is 7.82 Å². The molecule has 0 radical (unpaired) electrons. The molecular formula is C20H29O4P. The van der Waals surface area contributed by atoms with E-state index in [4.69, 9.17) is 9.42 Å². The van der Waals surface area contributed by atoms with Gasteiger partial charge in [-0.1, -0.05) is 86.8 Å². The van der Waals surface area contributed by atoms with Gasteiger partial charge in [-0.2, -0.15) is 0 Å². The molecule has 0 heterocycles. The van der Waals surface area contributed by atoms with Crippen molar-refractivity contribution < 1.29 is 18.5 Å². The van der Waals surface area contributed by atoms with Gasteiger partial charge in [0.1, 0.15) is 0 Å². The molecule has 0 saturated heterocycles. The van der Waals surface area contributed by atoms with Crippen LogP contribution >= 0.6 is 7.82 Å². The minimum absolute atomic E-state index is 0.197. The largest absolute Gasteiger partial charge is 0.472 e. The second-order valence-electron chi connectivity index (χ2n) is 5.51. The van der Waals surface area contributed by atoms with E-state index >= 15 is 0 Å². The molecule has 2 aromatic carbocycles. The quantitative estimate of drug-likeness (QED) is 0.433. The summed E-state index contributed by atoms with van der Waals surface area (Å²) in [6.07, 6.45) is 4.12. The molecule has 0 aliphatic rings. The summed E-state index contributed by atoms with van der Waals surface area (Å²) in [7, 11) is -3.74. The first-order chi connectivity index (χ1) is 12.1. The molecule has 0 fully saturated rings. The van der Waals surface area contributed by atoms with Gasteiger partial charge in [0.2, 0.25) is 0 Å². The molecule has 4 nitrogen and oxygen atoms in total. The van der Waals surface area contributed by atoms with E-state index < -0.39 is 7.82 Å². The highest BCUT2D eigenvalue weighted by Gasteiger charge is 2.18. The van der Waals surface area contributed by atoms with Crippen molar-refractivity contribution in [1.29, 1.82) is 0 Å². The van der Waals surface area contributed by atoms with Crippen molar-refractivity contribution in [2.75, 3.05) is 13.2 Å². The summed E-state index contributed by atoms with van der Waals surface area (Å²) < 4.78 is 20.2. The van der Waals surface area contributed by atoms with Gasteiger partial charge in [0.25, 0.3) is 0 Å². The Morgan fingerprint density at radius 3 is 1.76 bits per heavy atom. The number of hydrogen-bond acceptors (Lipinski definition) is 3. The lowest BCUT2D eigenvalue weighted by atomic mass is 10.1. The van der Waals surface area contributed by atoms with Crippen LogP contribution in [0.25, 0.3) is 11.1 Å². The summed E-state index contributed by atoms with van der Waals surface area (Å²) >= 11 is 0. The third kappa shape index (κ3) is 10.2. The van der Waals surface area contributed by atoms with Crippen LogP contribution in [0.5, 0.6) is 0 Å². The van der Waals surface area contributed by atoms with Crippen molar-refractivity contribution in [2.45, 2.75) is 39.5 Å². The Hall–Kier alpha value is -1.45. The minimum atomic E-state index is -3.74. The molecule has 138 valence electrons. The zero-order chi connectivity index (χ0) is 18.4. The van der Waals surface area contributed by atoms with Crippen LogP contribution in [-0.4, -0.2) is 18.1 Å². The number of phosphoric acid groups is 1. The molecule has 0 spiro atoms. The van der Waals surface area contributed by atoms with Gasteiger partial charge in [-0.15, -0.1) is 0 Å². The Morgan fingerprint density at radius 2 is 1.32 bits per heavy atom. The van der Waals surface area contributed by atoms with Crippen LogP contribution in [0.3, 0.4) is 0 Å². The Bertz CT molecular complexity index is 564. The predicted octanol–water partition coefficient (Wildman–Crippen LogP) is 6.07. The van der Waals surface area contributed by atoms with Gasteiger partial charge in [-0.05, 0) is 24.5 Å². The molecule has 0 saturated carbocycles. The lowest BCUT2D eigenvalue weighted by Gasteiger charge is -2.09. The van der Waals surface area contributed by atoms with E-state index in [2.05, 4.69) is 60.0 Å². The highest BCUT2D eigenvalue weighted by molar-refractivity contribution is 7.47. The molecule has 0 aromatic heterocycles. The molecule has 0 amide bonds. The molecule has 0 aliphatic carbocycles. The summed E-state index contributed by atoms with van der Waals surface area (Å²) in [6.45, 7) is 4.26. The molecule has 25 heavy (non-hydrogen) atoms. The van der Waals surface area contributed by atoms with Crippen LogP contribution in [0.1, 0.15) is 39.5 Å². The molecule has 1 unspecified atom stereocenters. The van der Waals surface area contributed by atoms with Gasteiger partial charge in [-0.25, -0.2) is 4.57 Å². The van der Waals surface area contributed by atoms with E-state index in [0.717, 1.165) is 25.7 Å². The lowest BCUT2D eigenvalue weighted by Crippen LogP contribution is -1.96. The highest BCUT2D eigenvalue weighted by Crippen LogP contribution is 2.42. The standard InChI is InChI=1S/C12H10.C8H19O4P/c1-3-7-11(8-4-1)12-9-5-2-6-10-12;1-3-5-6-7-8-12-13(9,10)11-4-2/h1-10H;3-8H2,1-2H3,(H,9,10). The first kappa shape index (κ1) is 21.6. The van der Waals surface area contributed by atoms with E-state index in [0.29, 0.717) is 6.61 Å². The summed E-state index contributed by atoms with van der Waals surface area (Å²) in [5, 5.41) is 0. The summed E-state index contributed by atoms with van der Waals surface area (Å²) in [5.74, 6) is 0. The first-order valence-electron chi connectivity index (χ1n) is 8.81. The maximum atomic E-state index is 11.0. The Kier molecular flexibility index (Phi) is 11.1. The molecular weight excluding hydrogens is 335 g/mol. The molecule has 2 aromatic rings. The fourth-order valence-corrected chi connectivity index (χ4v) is 2.93. The monoisotopic (exact) mass is 364 g/mol. The Labute approximate surface area is 151 Å². The fraction of sp³-hybridized carbons (Fsp3) is 0.400. The maximum absolute atomic E-state index is 11.0. The summed E-state index contributed by atoms with van der Waals surface area (Å²) in [6, 6.07) is 20.8. The van der Waals surface area contributed by atoms with Gasteiger partial charge in [0.15, 0.2) is 0 Å². The Balaban J connectivity index is 0.000000250. The van der Waals surface area contributed by atoms with Crippen LogP contribution in [0, 0.1) is 0 Å². The molecule has 1 N–H and O–H groups in total. The van der Waals surface area contributed by atoms with E-state index in [1.165, 1.54) is 11.1 Å². The molecule has 1 atom stereocenters. The summed E-state index contributed by atoms with van der Waals surface area (Å²) in [5.41, 5.74) is 2.55. The normalized spacial score (nSPS) is 12.8. The van der Waals surface area contributed by atoms with Crippen LogP contribution in [-0.2, 0) is 13.6 Å². The summed E-state index contributed by atoms with van der Waals surface area (Å²) in [4.78, 5) is 8.98. The average molecular weight is 364 g/mol. The first-order valence-corrected chi connectivity index (χ1v) is 10.3. The fourth-order valence-electron chi connectivity index (χ4n) is 2.17. The van der Waals surface area contributed by atoms with Crippen LogP contribution in [0.4, 0.5) is 0 Å². The van der Waals surface area contributed by atoms with Crippen molar-refractivity contribution >= 4 is 7.82 Å². The van der Waals surface area contributed by atoms with E-state index in [1.54, 1.807) is 6.92 Å². The number of hydrogen-bond donors (Lipinski definition) is 1. The number of phosphoric ester groups is 1. The predicted molar refractivity (Wildman–Crippen MR) is 103 cm³/mol. The Morgan fingerprint density at radius 1 is 0.800 bits per heavy atom. The van der Waals surface area contributed by atoms with Crippen molar-refractivity contribution in [3.63, 3.8) is 0 Å². The third-order valence-electron chi connectivity index (χ3n) is 3.43. The van der Waals surface area contributed by atoms with Crippen molar-refractivity contribution in [3.8, 4) is 11.1 Å². The topological polar surface area (TPSA) is 55.8 Å². The van der Waals surface area contributed by atoms with Gasteiger partial charge < -0.3 is 4.89 Å². The smallest absolute Gasteiger partial charge is 0.302 e. The highest BCUT2D eigenvalue weighted by atomic mass is 31.2. The minimum Gasteiger partial charge on any atom is -0.302 e.